The summed E-state index contributed by atoms with van der Waals surface area (Å²) in [6.45, 7) is 10.0. The second-order valence-electron chi connectivity index (χ2n) is 7.31. The first-order chi connectivity index (χ1) is 13.8. The lowest BCUT2D eigenvalue weighted by Gasteiger charge is -2.37. The Morgan fingerprint density at radius 3 is 2.48 bits per heavy atom. The molecule has 2 fully saturated rings. The summed E-state index contributed by atoms with van der Waals surface area (Å²) < 4.78 is 0. The summed E-state index contributed by atoms with van der Waals surface area (Å²) in [6.07, 6.45) is 4.54. The summed E-state index contributed by atoms with van der Waals surface area (Å²) in [5, 5.41) is 6.98. The van der Waals surface area contributed by atoms with E-state index < -0.39 is 0 Å². The molecule has 0 spiro atoms. The molecule has 2 saturated heterocycles. The van der Waals surface area contributed by atoms with Crippen LogP contribution in [0.5, 0.6) is 0 Å². The molecule has 158 valence electrons. The van der Waals surface area contributed by atoms with Crippen LogP contribution >= 0.6 is 35.3 Å². The Balaban J connectivity index is 0.00000240. The van der Waals surface area contributed by atoms with Crippen LogP contribution < -0.4 is 15.1 Å². The molecule has 2 aliphatic rings. The minimum Gasteiger partial charge on any atom is -0.360 e. The van der Waals surface area contributed by atoms with Crippen LogP contribution in [0.3, 0.4) is 0 Å². The number of thiophene rings is 1. The van der Waals surface area contributed by atoms with Gasteiger partial charge in [-0.15, -0.1) is 35.3 Å². The zero-order valence-corrected chi connectivity index (χ0v) is 20.2. The van der Waals surface area contributed by atoms with E-state index in [1.54, 1.807) is 0 Å². The van der Waals surface area contributed by atoms with Crippen molar-refractivity contribution in [3.8, 4) is 0 Å². The Kier molecular flexibility index (Phi) is 8.40. The van der Waals surface area contributed by atoms with Gasteiger partial charge in [-0.3, -0.25) is 0 Å². The van der Waals surface area contributed by atoms with Crippen molar-refractivity contribution in [1.29, 1.82) is 0 Å². The highest BCUT2D eigenvalue weighted by Crippen LogP contribution is 2.22. The number of aliphatic imine (C=N–C) groups is 1. The number of hydrogen-bond donors (Lipinski definition) is 1. The summed E-state index contributed by atoms with van der Waals surface area (Å²) in [7, 11) is 0. The van der Waals surface area contributed by atoms with Gasteiger partial charge in [0.25, 0.3) is 0 Å². The van der Waals surface area contributed by atoms with E-state index in [-0.39, 0.29) is 24.0 Å². The number of hydrogen-bond acceptors (Lipinski definition) is 5. The van der Waals surface area contributed by atoms with Crippen LogP contribution in [0, 0.1) is 0 Å². The van der Waals surface area contributed by atoms with Gasteiger partial charge in [0.1, 0.15) is 5.82 Å². The van der Waals surface area contributed by atoms with Crippen LogP contribution in [0.2, 0.25) is 0 Å². The van der Waals surface area contributed by atoms with Crippen LogP contribution in [0.25, 0.3) is 0 Å². The average Bonchev–Trinajstić information content (AvgIpc) is 3.46. The second-order valence-corrected chi connectivity index (χ2v) is 8.24. The lowest BCUT2D eigenvalue weighted by molar-refractivity contribution is 0.373. The summed E-state index contributed by atoms with van der Waals surface area (Å²) >= 11 is 1.82. The van der Waals surface area contributed by atoms with Gasteiger partial charge in [0.05, 0.1) is 11.5 Å². The summed E-state index contributed by atoms with van der Waals surface area (Å²) in [6, 6.07) is 8.64. The van der Waals surface area contributed by atoms with Gasteiger partial charge in [-0.25, -0.2) is 9.98 Å². The van der Waals surface area contributed by atoms with Crippen molar-refractivity contribution in [3.63, 3.8) is 0 Å². The fourth-order valence-electron chi connectivity index (χ4n) is 3.82. The molecule has 2 aromatic heterocycles. The summed E-state index contributed by atoms with van der Waals surface area (Å²) in [5.74, 6) is 2.11. The monoisotopic (exact) mass is 526 g/mol. The molecule has 2 aromatic rings. The Morgan fingerprint density at radius 1 is 1.07 bits per heavy atom. The maximum atomic E-state index is 4.88. The molecule has 8 heteroatoms. The quantitative estimate of drug-likeness (QED) is 0.366. The van der Waals surface area contributed by atoms with Gasteiger partial charge >= 0.3 is 0 Å². The molecule has 0 radical (unpaired) electrons. The number of pyridine rings is 1. The minimum absolute atomic E-state index is 0. The highest BCUT2D eigenvalue weighted by atomic mass is 127. The van der Waals surface area contributed by atoms with E-state index in [4.69, 9.17) is 4.99 Å². The van der Waals surface area contributed by atoms with E-state index in [2.05, 4.69) is 61.6 Å². The highest BCUT2D eigenvalue weighted by molar-refractivity contribution is 14.0. The maximum Gasteiger partial charge on any atom is 0.194 e. The van der Waals surface area contributed by atoms with Crippen LogP contribution in [-0.4, -0.2) is 61.7 Å². The molecular weight excluding hydrogens is 495 g/mol. The molecule has 4 heterocycles. The summed E-state index contributed by atoms with van der Waals surface area (Å²) in [5.41, 5.74) is 1.16. The zero-order valence-electron chi connectivity index (χ0n) is 17.1. The number of guanidine groups is 1. The molecule has 0 amide bonds. The summed E-state index contributed by atoms with van der Waals surface area (Å²) in [4.78, 5) is 16.7. The maximum absolute atomic E-state index is 4.88. The molecule has 29 heavy (non-hydrogen) atoms. The number of piperazine rings is 1. The van der Waals surface area contributed by atoms with E-state index in [1.807, 2.05) is 17.5 Å². The van der Waals surface area contributed by atoms with Crippen molar-refractivity contribution in [1.82, 2.24) is 15.2 Å². The molecule has 2 aliphatic heterocycles. The minimum atomic E-state index is 0. The number of anilines is 2. The van der Waals surface area contributed by atoms with Gasteiger partial charge in [0.2, 0.25) is 0 Å². The van der Waals surface area contributed by atoms with Gasteiger partial charge in [0, 0.05) is 52.0 Å². The van der Waals surface area contributed by atoms with Crippen molar-refractivity contribution in [3.05, 3.63) is 41.4 Å². The van der Waals surface area contributed by atoms with Gasteiger partial charge in [-0.1, -0.05) is 6.07 Å². The Morgan fingerprint density at radius 2 is 1.86 bits per heavy atom. The zero-order chi connectivity index (χ0) is 19.2. The smallest absolute Gasteiger partial charge is 0.194 e. The Hall–Kier alpha value is -1.55. The molecule has 0 unspecified atom stereocenters. The van der Waals surface area contributed by atoms with Gasteiger partial charge in [-0.05, 0) is 48.9 Å². The van der Waals surface area contributed by atoms with Crippen LogP contribution in [0.1, 0.15) is 25.3 Å². The third kappa shape index (κ3) is 5.75. The van der Waals surface area contributed by atoms with Gasteiger partial charge in [0.15, 0.2) is 5.96 Å². The number of nitrogens with one attached hydrogen (secondary N) is 1. The lowest BCUT2D eigenvalue weighted by Crippen LogP contribution is -2.52. The number of aromatic nitrogens is 1. The molecule has 0 aromatic carbocycles. The molecule has 0 bridgehead atoms. The largest absolute Gasteiger partial charge is 0.360 e. The van der Waals surface area contributed by atoms with Crippen molar-refractivity contribution < 1.29 is 0 Å². The molecule has 4 rings (SSSR count). The van der Waals surface area contributed by atoms with Crippen molar-refractivity contribution in [2.24, 2.45) is 4.99 Å². The normalized spacial score (nSPS) is 17.4. The highest BCUT2D eigenvalue weighted by Gasteiger charge is 2.20. The second kappa shape index (κ2) is 11.0. The molecule has 0 saturated carbocycles. The molecule has 0 aliphatic carbocycles. The van der Waals surface area contributed by atoms with Crippen LogP contribution in [0.15, 0.2) is 40.8 Å². The van der Waals surface area contributed by atoms with Crippen molar-refractivity contribution in [2.45, 2.75) is 26.3 Å². The number of nitrogens with zero attached hydrogens (tertiary/aromatic N) is 5. The predicted octanol–water partition coefficient (Wildman–Crippen LogP) is 3.65. The topological polar surface area (TPSA) is 47.0 Å². The SMILES string of the molecule is CCNC(=NCc1ccc(N2CCCC2)nc1)N1CCN(c2cccs2)CC1.I. The van der Waals surface area contributed by atoms with Crippen LogP contribution in [0.4, 0.5) is 10.8 Å². The Labute approximate surface area is 195 Å². The fraction of sp³-hybridized carbons (Fsp3) is 0.524. The van der Waals surface area contributed by atoms with E-state index in [9.17, 15) is 0 Å². The molecular formula is C21H31IN6S. The van der Waals surface area contributed by atoms with E-state index in [0.717, 1.165) is 63.2 Å². The molecule has 6 nitrogen and oxygen atoms in total. The Bertz CT molecular complexity index is 750. The fourth-order valence-corrected chi connectivity index (χ4v) is 4.61. The molecule has 0 atom stereocenters. The van der Waals surface area contributed by atoms with Crippen molar-refractivity contribution in [2.75, 3.05) is 55.6 Å². The first kappa shape index (κ1) is 22.1. The van der Waals surface area contributed by atoms with Crippen molar-refractivity contribution >= 4 is 52.1 Å². The lowest BCUT2D eigenvalue weighted by atomic mass is 10.3. The number of rotatable bonds is 5. The first-order valence-corrected chi connectivity index (χ1v) is 11.2. The van der Waals surface area contributed by atoms with Gasteiger partial charge in [-0.2, -0.15) is 0 Å². The standard InChI is InChI=1S/C21H30N6S.HI/c1-2-22-21(27-13-11-26(12-14-27)20-6-5-15-28-20)24-17-18-7-8-19(23-16-18)25-9-3-4-10-25;/h5-8,15-16H,2-4,9-14,17H2,1H3,(H,22,24);1H. The predicted molar refractivity (Wildman–Crippen MR) is 134 cm³/mol. The van der Waals surface area contributed by atoms with E-state index in [0.29, 0.717) is 6.54 Å². The third-order valence-electron chi connectivity index (χ3n) is 5.38. The number of halogens is 1. The first-order valence-electron chi connectivity index (χ1n) is 10.3. The third-order valence-corrected chi connectivity index (χ3v) is 6.31. The van der Waals surface area contributed by atoms with E-state index >= 15 is 0 Å². The molecule has 1 N–H and O–H groups in total. The average molecular weight is 526 g/mol. The van der Waals surface area contributed by atoms with Crippen LogP contribution in [-0.2, 0) is 6.54 Å². The van der Waals surface area contributed by atoms with Gasteiger partial charge < -0.3 is 20.0 Å². The van der Waals surface area contributed by atoms with E-state index in [1.165, 1.54) is 17.8 Å².